The first-order chi connectivity index (χ1) is 7.13. The minimum atomic E-state index is -0.0390. The maximum atomic E-state index is 9.09. The van der Waals surface area contributed by atoms with E-state index in [4.69, 9.17) is 16.7 Å². The van der Waals surface area contributed by atoms with E-state index in [9.17, 15) is 0 Å². The molecule has 3 heteroatoms. The quantitative estimate of drug-likeness (QED) is 0.803. The van der Waals surface area contributed by atoms with Crippen molar-refractivity contribution in [1.82, 2.24) is 4.98 Å². The van der Waals surface area contributed by atoms with Crippen LogP contribution < -0.4 is 0 Å². The summed E-state index contributed by atoms with van der Waals surface area (Å²) >= 11 is 6.13. The number of aliphatic hydroxyl groups is 1. The summed E-state index contributed by atoms with van der Waals surface area (Å²) in [5.74, 6) is 0. The van der Waals surface area contributed by atoms with Crippen molar-refractivity contribution < 1.29 is 5.11 Å². The first kappa shape index (κ1) is 10.4. The summed E-state index contributed by atoms with van der Waals surface area (Å²) in [6.07, 6.45) is 0. The van der Waals surface area contributed by atoms with Gasteiger partial charge in [0.15, 0.2) is 0 Å². The number of aryl methyl sites for hydroxylation is 2. The normalized spacial score (nSPS) is 10.9. The zero-order valence-corrected chi connectivity index (χ0v) is 9.47. The highest BCUT2D eigenvalue weighted by molar-refractivity contribution is 6.35. The number of nitrogens with zero attached hydrogens (tertiary/aromatic N) is 1. The van der Waals surface area contributed by atoms with Crippen molar-refractivity contribution in [2.45, 2.75) is 20.5 Å². The molecule has 0 fully saturated rings. The molecule has 1 heterocycles. The lowest BCUT2D eigenvalue weighted by molar-refractivity contribution is 0.277. The zero-order valence-electron chi connectivity index (χ0n) is 8.71. The third-order valence-corrected chi connectivity index (χ3v) is 2.84. The summed E-state index contributed by atoms with van der Waals surface area (Å²) in [6.45, 7) is 3.93. The van der Waals surface area contributed by atoms with E-state index in [0.29, 0.717) is 10.7 Å². The topological polar surface area (TPSA) is 33.1 Å². The Labute approximate surface area is 93.5 Å². The first-order valence-corrected chi connectivity index (χ1v) is 5.17. The Bertz CT molecular complexity index is 523. The van der Waals surface area contributed by atoms with Gasteiger partial charge < -0.3 is 5.11 Å². The van der Waals surface area contributed by atoms with Crippen LogP contribution in [-0.4, -0.2) is 10.1 Å². The summed E-state index contributed by atoms with van der Waals surface area (Å²) < 4.78 is 0. The van der Waals surface area contributed by atoms with Gasteiger partial charge in [-0.15, -0.1) is 0 Å². The van der Waals surface area contributed by atoms with Crippen LogP contribution in [-0.2, 0) is 6.61 Å². The minimum absolute atomic E-state index is 0.0390. The number of pyridine rings is 1. The number of hydrogen-bond donors (Lipinski definition) is 1. The lowest BCUT2D eigenvalue weighted by atomic mass is 10.1. The molecule has 0 spiro atoms. The van der Waals surface area contributed by atoms with Gasteiger partial charge in [0.25, 0.3) is 0 Å². The van der Waals surface area contributed by atoms with Crippen LogP contribution >= 0.6 is 11.6 Å². The molecule has 15 heavy (non-hydrogen) atoms. The van der Waals surface area contributed by atoms with Crippen LogP contribution in [0, 0.1) is 13.8 Å². The van der Waals surface area contributed by atoms with E-state index in [2.05, 4.69) is 4.98 Å². The molecule has 1 aromatic heterocycles. The van der Waals surface area contributed by atoms with Gasteiger partial charge in [-0.3, -0.25) is 4.98 Å². The van der Waals surface area contributed by atoms with Crippen molar-refractivity contribution in [2.24, 2.45) is 0 Å². The van der Waals surface area contributed by atoms with Gasteiger partial charge in [0, 0.05) is 5.39 Å². The molecule has 0 amide bonds. The van der Waals surface area contributed by atoms with Crippen LogP contribution in [0.3, 0.4) is 0 Å². The number of halogens is 1. The Morgan fingerprint density at radius 1 is 1.27 bits per heavy atom. The van der Waals surface area contributed by atoms with Crippen LogP contribution in [0.15, 0.2) is 18.2 Å². The second-order valence-electron chi connectivity index (χ2n) is 3.68. The monoisotopic (exact) mass is 221 g/mol. The highest BCUT2D eigenvalue weighted by atomic mass is 35.5. The third-order valence-electron chi connectivity index (χ3n) is 2.52. The average molecular weight is 222 g/mol. The maximum Gasteiger partial charge on any atom is 0.0853 e. The van der Waals surface area contributed by atoms with Crippen molar-refractivity contribution >= 4 is 22.5 Å². The van der Waals surface area contributed by atoms with Gasteiger partial charge in [-0.05, 0) is 37.1 Å². The Morgan fingerprint density at radius 3 is 2.67 bits per heavy atom. The molecule has 0 bridgehead atoms. The van der Waals surface area contributed by atoms with E-state index in [1.165, 1.54) is 0 Å². The standard InChI is InChI=1S/C12H12ClNO/c1-7-3-4-10(13)11-8(2)5-9(6-15)14-12(7)11/h3-5,15H,6H2,1-2H3. The van der Waals surface area contributed by atoms with E-state index in [-0.39, 0.29) is 6.61 Å². The highest BCUT2D eigenvalue weighted by Gasteiger charge is 2.07. The largest absolute Gasteiger partial charge is 0.390 e. The molecule has 0 aliphatic carbocycles. The number of hydrogen-bond acceptors (Lipinski definition) is 2. The maximum absolute atomic E-state index is 9.09. The SMILES string of the molecule is Cc1ccc(Cl)c2c(C)cc(CO)nc12. The molecule has 78 valence electrons. The van der Waals surface area contributed by atoms with Gasteiger partial charge in [-0.25, -0.2) is 0 Å². The summed E-state index contributed by atoms with van der Waals surface area (Å²) in [4.78, 5) is 4.38. The fourth-order valence-electron chi connectivity index (χ4n) is 1.77. The summed E-state index contributed by atoms with van der Waals surface area (Å²) in [6, 6.07) is 5.69. The van der Waals surface area contributed by atoms with Crippen molar-refractivity contribution in [1.29, 1.82) is 0 Å². The Balaban J connectivity index is 2.90. The molecule has 2 rings (SSSR count). The fourth-order valence-corrected chi connectivity index (χ4v) is 2.07. The van der Waals surface area contributed by atoms with Crippen LogP contribution in [0.5, 0.6) is 0 Å². The zero-order chi connectivity index (χ0) is 11.0. The molecule has 2 nitrogen and oxygen atoms in total. The number of aliphatic hydroxyl groups excluding tert-OH is 1. The van der Waals surface area contributed by atoms with E-state index in [1.807, 2.05) is 32.0 Å². The van der Waals surface area contributed by atoms with Crippen LogP contribution in [0.1, 0.15) is 16.8 Å². The smallest absolute Gasteiger partial charge is 0.0853 e. The van der Waals surface area contributed by atoms with E-state index < -0.39 is 0 Å². The molecule has 1 N–H and O–H groups in total. The summed E-state index contributed by atoms with van der Waals surface area (Å²) in [7, 11) is 0. The predicted octanol–water partition coefficient (Wildman–Crippen LogP) is 3.00. The van der Waals surface area contributed by atoms with Crippen molar-refractivity contribution in [2.75, 3.05) is 0 Å². The van der Waals surface area contributed by atoms with Gasteiger partial charge in [0.05, 0.1) is 22.8 Å². The van der Waals surface area contributed by atoms with Gasteiger partial charge in [0.1, 0.15) is 0 Å². The van der Waals surface area contributed by atoms with Crippen molar-refractivity contribution in [3.8, 4) is 0 Å². The molecule has 0 radical (unpaired) electrons. The molecule has 0 saturated heterocycles. The van der Waals surface area contributed by atoms with E-state index in [1.54, 1.807) is 0 Å². The van der Waals surface area contributed by atoms with E-state index in [0.717, 1.165) is 22.0 Å². The lowest BCUT2D eigenvalue weighted by Gasteiger charge is -2.08. The molecule has 0 aliphatic rings. The summed E-state index contributed by atoms with van der Waals surface area (Å²) in [5.41, 5.74) is 3.70. The number of aromatic nitrogens is 1. The molecule has 2 aromatic rings. The molecule has 0 aliphatic heterocycles. The Kier molecular flexibility index (Phi) is 2.63. The second kappa shape index (κ2) is 3.80. The molecular weight excluding hydrogens is 210 g/mol. The summed E-state index contributed by atoms with van der Waals surface area (Å²) in [5, 5.41) is 10.8. The van der Waals surface area contributed by atoms with Crippen molar-refractivity contribution in [3.05, 3.63) is 40.0 Å². The minimum Gasteiger partial charge on any atom is -0.390 e. The highest BCUT2D eigenvalue weighted by Crippen LogP contribution is 2.28. The van der Waals surface area contributed by atoms with Crippen molar-refractivity contribution in [3.63, 3.8) is 0 Å². The van der Waals surface area contributed by atoms with Crippen LogP contribution in [0.25, 0.3) is 10.9 Å². The Morgan fingerprint density at radius 2 is 2.00 bits per heavy atom. The van der Waals surface area contributed by atoms with Gasteiger partial charge in [-0.1, -0.05) is 17.7 Å². The number of fused-ring (bicyclic) bond motifs is 1. The van der Waals surface area contributed by atoms with Crippen LogP contribution in [0.4, 0.5) is 0 Å². The third kappa shape index (κ3) is 1.71. The second-order valence-corrected chi connectivity index (χ2v) is 4.08. The van der Waals surface area contributed by atoms with E-state index >= 15 is 0 Å². The first-order valence-electron chi connectivity index (χ1n) is 4.79. The lowest BCUT2D eigenvalue weighted by Crippen LogP contribution is -1.94. The Hall–Kier alpha value is -1.12. The predicted molar refractivity (Wildman–Crippen MR) is 62.1 cm³/mol. The molecule has 1 aromatic carbocycles. The number of rotatable bonds is 1. The van der Waals surface area contributed by atoms with Crippen LogP contribution in [0.2, 0.25) is 5.02 Å². The van der Waals surface area contributed by atoms with Gasteiger partial charge in [-0.2, -0.15) is 0 Å². The fraction of sp³-hybridized carbons (Fsp3) is 0.250. The molecule has 0 atom stereocenters. The molecular formula is C12H12ClNO. The van der Waals surface area contributed by atoms with Gasteiger partial charge in [0.2, 0.25) is 0 Å². The average Bonchev–Trinajstić information content (AvgIpc) is 2.23. The van der Waals surface area contributed by atoms with Gasteiger partial charge >= 0.3 is 0 Å². The molecule has 0 saturated carbocycles. The number of benzene rings is 1. The molecule has 0 unspecified atom stereocenters.